The molecule has 1 aromatic heterocycles. The zero-order valence-corrected chi connectivity index (χ0v) is 10.7. The second kappa shape index (κ2) is 5.37. The largest absolute Gasteiger partial charge is 0.478 e. The first-order valence-electron chi connectivity index (χ1n) is 5.06. The fraction of sp³-hybridized carbons (Fsp3) is 0.0833. The maximum atomic E-state index is 12.9. The molecule has 2 aromatic rings. The summed E-state index contributed by atoms with van der Waals surface area (Å²) < 4.78 is 12.9. The minimum absolute atomic E-state index is 0.0532. The van der Waals surface area contributed by atoms with Crippen molar-refractivity contribution in [1.82, 2.24) is 0 Å². The van der Waals surface area contributed by atoms with E-state index in [1.165, 1.54) is 23.5 Å². The first-order valence-corrected chi connectivity index (χ1v) is 6.31. The van der Waals surface area contributed by atoms with Crippen LogP contribution in [0.3, 0.4) is 0 Å². The average Bonchev–Trinajstić information content (AvgIpc) is 2.79. The van der Waals surface area contributed by atoms with Crippen molar-refractivity contribution >= 4 is 34.6 Å². The van der Waals surface area contributed by atoms with Crippen molar-refractivity contribution < 1.29 is 14.3 Å². The first kappa shape index (κ1) is 12.9. The van der Waals surface area contributed by atoms with Gasteiger partial charge in [-0.2, -0.15) is 0 Å². The predicted molar refractivity (Wildman–Crippen MR) is 70.0 cm³/mol. The number of carboxylic acids is 1. The lowest BCUT2D eigenvalue weighted by Gasteiger charge is -2.05. The molecule has 0 amide bonds. The molecule has 0 fully saturated rings. The Balaban J connectivity index is 2.02. The minimum atomic E-state index is -0.942. The topological polar surface area (TPSA) is 49.3 Å². The highest BCUT2D eigenvalue weighted by atomic mass is 35.5. The number of carboxylic acid groups (broad SMARTS) is 1. The summed E-state index contributed by atoms with van der Waals surface area (Å²) in [6, 6.07) is 5.95. The lowest BCUT2D eigenvalue weighted by atomic mass is 10.3. The Labute approximate surface area is 112 Å². The van der Waals surface area contributed by atoms with Gasteiger partial charge in [-0.15, -0.1) is 11.3 Å². The van der Waals surface area contributed by atoms with Crippen LogP contribution in [0.25, 0.3) is 0 Å². The van der Waals surface area contributed by atoms with Crippen LogP contribution < -0.4 is 5.32 Å². The molecule has 0 atom stereocenters. The maximum Gasteiger partial charge on any atom is 0.336 e. The predicted octanol–water partition coefficient (Wildman–Crippen LogP) is 3.85. The van der Waals surface area contributed by atoms with Gasteiger partial charge in [0.15, 0.2) is 0 Å². The molecule has 2 rings (SSSR count). The third-order valence-corrected chi connectivity index (χ3v) is 3.51. The Kier molecular flexibility index (Phi) is 3.84. The van der Waals surface area contributed by atoms with Gasteiger partial charge in [0.05, 0.1) is 10.6 Å². The van der Waals surface area contributed by atoms with Gasteiger partial charge in [0, 0.05) is 22.5 Å². The van der Waals surface area contributed by atoms with Crippen LogP contribution in [0.2, 0.25) is 5.02 Å². The third kappa shape index (κ3) is 3.00. The van der Waals surface area contributed by atoms with E-state index in [4.69, 9.17) is 16.7 Å². The van der Waals surface area contributed by atoms with E-state index in [1.807, 2.05) is 0 Å². The van der Waals surface area contributed by atoms with E-state index in [2.05, 4.69) is 5.32 Å². The van der Waals surface area contributed by atoms with Crippen LogP contribution in [0, 0.1) is 5.82 Å². The zero-order chi connectivity index (χ0) is 13.1. The molecule has 0 saturated carbocycles. The van der Waals surface area contributed by atoms with Crippen molar-refractivity contribution in [2.24, 2.45) is 0 Å². The maximum absolute atomic E-state index is 12.9. The molecule has 0 aliphatic heterocycles. The molecule has 0 spiro atoms. The summed E-state index contributed by atoms with van der Waals surface area (Å²) in [5.74, 6) is -1.41. The van der Waals surface area contributed by atoms with Crippen molar-refractivity contribution in [1.29, 1.82) is 0 Å². The van der Waals surface area contributed by atoms with Gasteiger partial charge in [-0.25, -0.2) is 9.18 Å². The molecule has 0 unspecified atom stereocenters. The van der Waals surface area contributed by atoms with Gasteiger partial charge in [0.25, 0.3) is 0 Å². The normalized spacial score (nSPS) is 10.3. The molecule has 0 saturated heterocycles. The van der Waals surface area contributed by atoms with Crippen LogP contribution in [0.5, 0.6) is 0 Å². The second-order valence-electron chi connectivity index (χ2n) is 3.59. The highest BCUT2D eigenvalue weighted by molar-refractivity contribution is 7.10. The number of hydrogen-bond acceptors (Lipinski definition) is 3. The Morgan fingerprint density at radius 1 is 1.44 bits per heavy atom. The SMILES string of the molecule is O=C(O)c1csc(CNc2ccc(F)c(Cl)c2)c1. The summed E-state index contributed by atoms with van der Waals surface area (Å²) in [6.07, 6.45) is 0. The number of nitrogens with one attached hydrogen (secondary N) is 1. The number of aromatic carboxylic acids is 1. The van der Waals surface area contributed by atoms with Gasteiger partial charge < -0.3 is 10.4 Å². The molecule has 3 nitrogen and oxygen atoms in total. The third-order valence-electron chi connectivity index (χ3n) is 2.29. The quantitative estimate of drug-likeness (QED) is 0.897. The summed E-state index contributed by atoms with van der Waals surface area (Å²) in [5, 5.41) is 13.5. The van der Waals surface area contributed by atoms with Gasteiger partial charge >= 0.3 is 5.97 Å². The summed E-state index contributed by atoms with van der Waals surface area (Å²) in [7, 11) is 0. The number of rotatable bonds is 4. The van der Waals surface area contributed by atoms with Crippen LogP contribution in [0.1, 0.15) is 15.2 Å². The van der Waals surface area contributed by atoms with Crippen LogP contribution in [0.15, 0.2) is 29.6 Å². The number of hydrogen-bond donors (Lipinski definition) is 2. The molecule has 1 aromatic carbocycles. The van der Waals surface area contributed by atoms with E-state index < -0.39 is 11.8 Å². The fourth-order valence-corrected chi connectivity index (χ4v) is 2.36. The Morgan fingerprint density at radius 3 is 2.83 bits per heavy atom. The fourth-order valence-electron chi connectivity index (χ4n) is 1.38. The zero-order valence-electron chi connectivity index (χ0n) is 9.11. The highest BCUT2D eigenvalue weighted by Crippen LogP contribution is 2.21. The van der Waals surface area contributed by atoms with Crippen LogP contribution in [0.4, 0.5) is 10.1 Å². The van der Waals surface area contributed by atoms with Crippen molar-refractivity contribution in [3.63, 3.8) is 0 Å². The van der Waals surface area contributed by atoms with E-state index in [0.717, 1.165) is 4.88 Å². The Hall–Kier alpha value is -1.59. The lowest BCUT2D eigenvalue weighted by molar-refractivity contribution is 0.0697. The van der Waals surface area contributed by atoms with Crippen molar-refractivity contribution in [2.45, 2.75) is 6.54 Å². The number of halogens is 2. The van der Waals surface area contributed by atoms with Crippen LogP contribution in [-0.2, 0) is 6.54 Å². The van der Waals surface area contributed by atoms with Crippen molar-refractivity contribution in [2.75, 3.05) is 5.32 Å². The van der Waals surface area contributed by atoms with E-state index in [-0.39, 0.29) is 10.6 Å². The van der Waals surface area contributed by atoms with Gasteiger partial charge in [0.1, 0.15) is 5.82 Å². The summed E-state index contributed by atoms with van der Waals surface area (Å²) >= 11 is 7.01. The summed E-state index contributed by atoms with van der Waals surface area (Å²) in [6.45, 7) is 0.472. The van der Waals surface area contributed by atoms with Crippen molar-refractivity contribution in [3.8, 4) is 0 Å². The van der Waals surface area contributed by atoms with E-state index in [1.54, 1.807) is 17.5 Å². The lowest BCUT2D eigenvalue weighted by Crippen LogP contribution is -1.98. The smallest absolute Gasteiger partial charge is 0.336 e. The average molecular weight is 286 g/mol. The summed E-state index contributed by atoms with van der Waals surface area (Å²) in [4.78, 5) is 11.6. The molecule has 0 aliphatic carbocycles. The Morgan fingerprint density at radius 2 is 2.22 bits per heavy atom. The molecule has 6 heteroatoms. The molecule has 0 radical (unpaired) electrons. The molecular weight excluding hydrogens is 277 g/mol. The minimum Gasteiger partial charge on any atom is -0.478 e. The molecular formula is C12H9ClFNO2S. The molecule has 0 bridgehead atoms. The van der Waals surface area contributed by atoms with E-state index in [0.29, 0.717) is 12.2 Å². The van der Waals surface area contributed by atoms with E-state index in [9.17, 15) is 9.18 Å². The van der Waals surface area contributed by atoms with Gasteiger partial charge in [-0.3, -0.25) is 0 Å². The molecule has 18 heavy (non-hydrogen) atoms. The standard InChI is InChI=1S/C12H9ClFNO2S/c13-10-4-8(1-2-11(10)14)15-5-9-3-7(6-18-9)12(16)17/h1-4,6,15H,5H2,(H,16,17). The second-order valence-corrected chi connectivity index (χ2v) is 4.99. The van der Waals surface area contributed by atoms with Crippen LogP contribution >= 0.6 is 22.9 Å². The van der Waals surface area contributed by atoms with Gasteiger partial charge in [-0.1, -0.05) is 11.6 Å². The molecule has 2 N–H and O–H groups in total. The molecule has 1 heterocycles. The molecule has 94 valence electrons. The van der Waals surface area contributed by atoms with E-state index >= 15 is 0 Å². The molecule has 0 aliphatic rings. The number of thiophene rings is 1. The highest BCUT2D eigenvalue weighted by Gasteiger charge is 2.06. The van der Waals surface area contributed by atoms with Crippen LogP contribution in [-0.4, -0.2) is 11.1 Å². The first-order chi connectivity index (χ1) is 8.56. The number of anilines is 1. The summed E-state index contributed by atoms with van der Waals surface area (Å²) in [5.41, 5.74) is 0.959. The van der Waals surface area contributed by atoms with Gasteiger partial charge in [-0.05, 0) is 24.3 Å². The monoisotopic (exact) mass is 285 g/mol. The Bertz CT molecular complexity index is 585. The number of carbonyl (C=O) groups is 1. The number of benzene rings is 1. The van der Waals surface area contributed by atoms with Crippen molar-refractivity contribution in [3.05, 3.63) is 50.9 Å². The van der Waals surface area contributed by atoms with Gasteiger partial charge in [0.2, 0.25) is 0 Å².